The molecule has 2 amide bonds. The number of carbonyl (C=O) groups excluding carboxylic acids is 2. The SMILES string of the molecule is CCOC(=O)N1CCN(C(=O)c2c(Cl)ccc(Cl)c2OC)CC1. The number of hydrogen-bond acceptors (Lipinski definition) is 4. The van der Waals surface area contributed by atoms with Crippen molar-refractivity contribution in [3.8, 4) is 5.75 Å². The van der Waals surface area contributed by atoms with Gasteiger partial charge >= 0.3 is 6.09 Å². The molecule has 0 saturated carbocycles. The first-order valence-electron chi connectivity index (χ1n) is 7.22. The summed E-state index contributed by atoms with van der Waals surface area (Å²) in [6, 6.07) is 3.15. The van der Waals surface area contributed by atoms with Gasteiger partial charge < -0.3 is 19.3 Å². The first kappa shape index (κ1) is 17.7. The maximum absolute atomic E-state index is 12.7. The molecule has 1 heterocycles. The van der Waals surface area contributed by atoms with Crippen LogP contribution >= 0.6 is 23.2 Å². The fourth-order valence-corrected chi connectivity index (χ4v) is 2.86. The van der Waals surface area contributed by atoms with Crippen molar-refractivity contribution in [2.75, 3.05) is 39.9 Å². The molecule has 0 atom stereocenters. The number of piperazine rings is 1. The van der Waals surface area contributed by atoms with Crippen LogP contribution in [0.1, 0.15) is 17.3 Å². The maximum Gasteiger partial charge on any atom is 0.409 e. The van der Waals surface area contributed by atoms with E-state index in [0.29, 0.717) is 37.8 Å². The third kappa shape index (κ3) is 3.82. The maximum atomic E-state index is 12.7. The molecule has 0 bridgehead atoms. The van der Waals surface area contributed by atoms with Crippen LogP contribution in [0.3, 0.4) is 0 Å². The Kier molecular flexibility index (Phi) is 5.96. The minimum absolute atomic E-state index is 0.242. The van der Waals surface area contributed by atoms with Gasteiger partial charge in [-0.3, -0.25) is 4.79 Å². The lowest BCUT2D eigenvalue weighted by Gasteiger charge is -2.34. The molecule has 0 spiro atoms. The summed E-state index contributed by atoms with van der Waals surface area (Å²) in [4.78, 5) is 27.6. The molecule has 0 unspecified atom stereocenters. The molecule has 1 saturated heterocycles. The summed E-state index contributed by atoms with van der Waals surface area (Å²) >= 11 is 12.2. The van der Waals surface area contributed by atoms with E-state index in [1.54, 1.807) is 28.9 Å². The molecule has 0 radical (unpaired) electrons. The van der Waals surface area contributed by atoms with Crippen LogP contribution < -0.4 is 4.74 Å². The average Bonchev–Trinajstić information content (AvgIpc) is 2.56. The summed E-state index contributed by atoms with van der Waals surface area (Å²) in [7, 11) is 1.44. The first-order valence-corrected chi connectivity index (χ1v) is 7.98. The van der Waals surface area contributed by atoms with Crippen molar-refractivity contribution in [3.05, 3.63) is 27.7 Å². The normalized spacial score (nSPS) is 14.6. The highest BCUT2D eigenvalue weighted by Crippen LogP contribution is 2.34. The van der Waals surface area contributed by atoms with E-state index in [4.69, 9.17) is 32.7 Å². The Balaban J connectivity index is 2.12. The van der Waals surface area contributed by atoms with E-state index in [2.05, 4.69) is 0 Å². The molecule has 1 aromatic rings. The summed E-state index contributed by atoms with van der Waals surface area (Å²) in [5.41, 5.74) is 0.242. The second kappa shape index (κ2) is 7.75. The van der Waals surface area contributed by atoms with Gasteiger partial charge in [0.1, 0.15) is 5.56 Å². The van der Waals surface area contributed by atoms with E-state index in [0.717, 1.165) is 0 Å². The molecular formula is C15H18Cl2N2O4. The number of halogens is 2. The Morgan fingerprint density at radius 1 is 1.09 bits per heavy atom. The minimum atomic E-state index is -0.363. The van der Waals surface area contributed by atoms with Crippen LogP contribution in [0.25, 0.3) is 0 Å². The Morgan fingerprint density at radius 2 is 1.65 bits per heavy atom. The number of rotatable bonds is 3. The van der Waals surface area contributed by atoms with Gasteiger partial charge in [0.2, 0.25) is 0 Å². The molecule has 6 nitrogen and oxygen atoms in total. The lowest BCUT2D eigenvalue weighted by molar-refractivity contribution is 0.0568. The summed E-state index contributed by atoms with van der Waals surface area (Å²) in [6.07, 6.45) is -0.363. The van der Waals surface area contributed by atoms with Crippen molar-refractivity contribution in [2.24, 2.45) is 0 Å². The second-order valence-electron chi connectivity index (χ2n) is 4.92. The van der Waals surface area contributed by atoms with E-state index in [1.807, 2.05) is 0 Å². The number of carbonyl (C=O) groups is 2. The molecule has 2 rings (SSSR count). The Bertz CT molecular complexity index is 601. The number of benzene rings is 1. The van der Waals surface area contributed by atoms with Gasteiger partial charge in [0.15, 0.2) is 5.75 Å². The van der Waals surface area contributed by atoms with E-state index >= 15 is 0 Å². The van der Waals surface area contributed by atoms with Gasteiger partial charge in [0, 0.05) is 26.2 Å². The Hall–Kier alpha value is -1.66. The van der Waals surface area contributed by atoms with Crippen LogP contribution in [0.15, 0.2) is 12.1 Å². The first-order chi connectivity index (χ1) is 11.0. The fourth-order valence-electron chi connectivity index (χ4n) is 2.40. The number of methoxy groups -OCH3 is 1. The van der Waals surface area contributed by atoms with E-state index in [1.165, 1.54) is 7.11 Å². The summed E-state index contributed by atoms with van der Waals surface area (Å²) in [5.74, 6) is -0.00477. The predicted octanol–water partition coefficient (Wildman–Crippen LogP) is 2.92. The van der Waals surface area contributed by atoms with Crippen molar-refractivity contribution in [3.63, 3.8) is 0 Å². The van der Waals surface area contributed by atoms with Crippen molar-refractivity contribution in [1.82, 2.24) is 9.80 Å². The molecule has 1 aromatic carbocycles. The lowest BCUT2D eigenvalue weighted by Crippen LogP contribution is -2.50. The van der Waals surface area contributed by atoms with Crippen molar-refractivity contribution in [2.45, 2.75) is 6.92 Å². The highest BCUT2D eigenvalue weighted by atomic mass is 35.5. The monoisotopic (exact) mass is 360 g/mol. The zero-order valence-corrected chi connectivity index (χ0v) is 14.5. The molecule has 1 fully saturated rings. The molecule has 126 valence electrons. The number of ether oxygens (including phenoxy) is 2. The van der Waals surface area contributed by atoms with Gasteiger partial charge in [-0.05, 0) is 19.1 Å². The highest BCUT2D eigenvalue weighted by Gasteiger charge is 2.29. The molecular weight excluding hydrogens is 343 g/mol. The quantitative estimate of drug-likeness (QED) is 0.831. The van der Waals surface area contributed by atoms with E-state index in [9.17, 15) is 9.59 Å². The Morgan fingerprint density at radius 3 is 2.22 bits per heavy atom. The van der Waals surface area contributed by atoms with Gasteiger partial charge in [0.25, 0.3) is 5.91 Å². The summed E-state index contributed by atoms with van der Waals surface area (Å²) in [6.45, 7) is 3.68. The molecule has 0 aromatic heterocycles. The van der Waals surface area contributed by atoms with Crippen LogP contribution in [-0.2, 0) is 4.74 Å². The van der Waals surface area contributed by atoms with Crippen molar-refractivity contribution < 1.29 is 19.1 Å². The second-order valence-corrected chi connectivity index (χ2v) is 5.73. The largest absolute Gasteiger partial charge is 0.494 e. The molecule has 0 aliphatic carbocycles. The third-order valence-corrected chi connectivity index (χ3v) is 4.18. The molecule has 1 aliphatic rings. The number of hydrogen-bond donors (Lipinski definition) is 0. The van der Waals surface area contributed by atoms with Crippen LogP contribution in [0.5, 0.6) is 5.75 Å². The standard InChI is InChI=1S/C15H18Cl2N2O4/c1-3-23-15(21)19-8-6-18(7-9-19)14(20)12-10(16)4-5-11(17)13(12)22-2/h4-5H,3,6-9H2,1-2H3. The summed E-state index contributed by atoms with van der Waals surface area (Å²) in [5, 5.41) is 0.606. The zero-order chi connectivity index (χ0) is 17.0. The van der Waals surface area contributed by atoms with Crippen LogP contribution in [0.4, 0.5) is 4.79 Å². The molecule has 8 heteroatoms. The average molecular weight is 361 g/mol. The minimum Gasteiger partial charge on any atom is -0.494 e. The van der Waals surface area contributed by atoms with Gasteiger partial charge in [-0.2, -0.15) is 0 Å². The lowest BCUT2D eigenvalue weighted by atomic mass is 10.1. The third-order valence-electron chi connectivity index (χ3n) is 3.57. The smallest absolute Gasteiger partial charge is 0.409 e. The van der Waals surface area contributed by atoms with Crippen molar-refractivity contribution >= 4 is 35.2 Å². The number of nitrogens with zero attached hydrogens (tertiary/aromatic N) is 2. The van der Waals surface area contributed by atoms with Crippen LogP contribution in [0, 0.1) is 0 Å². The predicted molar refractivity (Wildman–Crippen MR) is 87.5 cm³/mol. The molecule has 1 aliphatic heterocycles. The van der Waals surface area contributed by atoms with Gasteiger partial charge in [0.05, 0.1) is 23.8 Å². The topological polar surface area (TPSA) is 59.1 Å². The van der Waals surface area contributed by atoms with Crippen molar-refractivity contribution in [1.29, 1.82) is 0 Å². The van der Waals surface area contributed by atoms with Gasteiger partial charge in [-0.15, -0.1) is 0 Å². The van der Waals surface area contributed by atoms with E-state index < -0.39 is 0 Å². The van der Waals surface area contributed by atoms with Gasteiger partial charge in [-0.25, -0.2) is 4.79 Å². The number of amides is 2. The van der Waals surface area contributed by atoms with Gasteiger partial charge in [-0.1, -0.05) is 23.2 Å². The Labute approximate surface area is 144 Å². The highest BCUT2D eigenvalue weighted by molar-refractivity contribution is 6.37. The summed E-state index contributed by atoms with van der Waals surface area (Å²) < 4.78 is 10.2. The zero-order valence-electron chi connectivity index (χ0n) is 13.0. The fraction of sp³-hybridized carbons (Fsp3) is 0.467. The van der Waals surface area contributed by atoms with Crippen LogP contribution in [0.2, 0.25) is 10.0 Å². The molecule has 23 heavy (non-hydrogen) atoms. The van der Waals surface area contributed by atoms with E-state index in [-0.39, 0.29) is 28.3 Å². The van der Waals surface area contributed by atoms with Crippen LogP contribution in [-0.4, -0.2) is 61.7 Å². The molecule has 0 N–H and O–H groups in total.